The number of aromatic nitrogens is 1. The maximum absolute atomic E-state index is 13.0. The van der Waals surface area contributed by atoms with Gasteiger partial charge < -0.3 is 19.5 Å². The smallest absolute Gasteiger partial charge is 0.295 e. The van der Waals surface area contributed by atoms with Crippen molar-refractivity contribution < 1.29 is 24.2 Å². The van der Waals surface area contributed by atoms with Crippen LogP contribution in [0.25, 0.3) is 5.76 Å². The Morgan fingerprint density at radius 3 is 2.41 bits per heavy atom. The lowest BCUT2D eigenvalue weighted by Crippen LogP contribution is -2.33. The Bertz CT molecular complexity index is 968. The molecule has 0 bridgehead atoms. The van der Waals surface area contributed by atoms with E-state index in [1.165, 1.54) is 4.90 Å². The van der Waals surface area contributed by atoms with Crippen LogP contribution in [-0.4, -0.2) is 52.5 Å². The van der Waals surface area contributed by atoms with Gasteiger partial charge in [-0.05, 0) is 56.2 Å². The molecule has 2 aromatic rings. The van der Waals surface area contributed by atoms with Gasteiger partial charge in [0, 0.05) is 18.3 Å². The number of nitrogens with zero attached hydrogens (tertiary/aromatic N) is 2. The number of aliphatic hydroxyl groups is 1. The van der Waals surface area contributed by atoms with Crippen molar-refractivity contribution in [3.8, 4) is 5.75 Å². The zero-order valence-electron chi connectivity index (χ0n) is 18.9. The van der Waals surface area contributed by atoms with Crippen LogP contribution >= 0.6 is 0 Å². The topological polar surface area (TPSA) is 89.0 Å². The minimum atomic E-state index is -0.788. The number of hydrogen-bond donors (Lipinski definition) is 1. The number of amides is 1. The standard InChI is InChI=1S/C25H30N2O5/c1-16(2)15-32-19-10-8-18(9-11-19)23(28)21-22(20-7-5-6-12-26-20)27(25(30)24(21)29)13-14-31-17(3)4/h5-12,16-17,22,28H,13-15H2,1-4H3/b23-21-. The highest BCUT2D eigenvalue weighted by atomic mass is 16.5. The molecule has 2 heterocycles. The van der Waals surface area contributed by atoms with Crippen LogP contribution in [0.5, 0.6) is 5.75 Å². The highest BCUT2D eigenvalue weighted by Gasteiger charge is 2.46. The molecule has 1 atom stereocenters. The maximum Gasteiger partial charge on any atom is 0.295 e. The summed E-state index contributed by atoms with van der Waals surface area (Å²) < 4.78 is 11.3. The molecule has 1 fully saturated rings. The molecule has 1 N–H and O–H groups in total. The molecule has 0 aliphatic carbocycles. The van der Waals surface area contributed by atoms with E-state index < -0.39 is 17.7 Å². The highest BCUT2D eigenvalue weighted by molar-refractivity contribution is 6.46. The minimum absolute atomic E-state index is 0.00319. The fraction of sp³-hybridized carbons (Fsp3) is 0.400. The summed E-state index contributed by atoms with van der Waals surface area (Å²) in [5.74, 6) is -0.587. The number of Topliss-reactive ketones (excluding diaryl/α,β-unsaturated/α-hetero) is 1. The van der Waals surface area contributed by atoms with Crippen molar-refractivity contribution in [2.75, 3.05) is 19.8 Å². The number of aliphatic hydroxyl groups excluding tert-OH is 1. The monoisotopic (exact) mass is 438 g/mol. The lowest BCUT2D eigenvalue weighted by atomic mass is 9.98. The average Bonchev–Trinajstić information content (AvgIpc) is 3.03. The molecular formula is C25H30N2O5. The first kappa shape index (κ1) is 23.5. The Kier molecular flexibility index (Phi) is 7.64. The first-order valence-electron chi connectivity index (χ1n) is 10.8. The summed E-state index contributed by atoms with van der Waals surface area (Å²) in [5.41, 5.74) is 0.961. The first-order chi connectivity index (χ1) is 15.3. The zero-order valence-corrected chi connectivity index (χ0v) is 18.9. The molecule has 0 spiro atoms. The Morgan fingerprint density at radius 2 is 1.81 bits per heavy atom. The van der Waals surface area contributed by atoms with Crippen LogP contribution in [0.2, 0.25) is 0 Å². The molecule has 7 nitrogen and oxygen atoms in total. The summed E-state index contributed by atoms with van der Waals surface area (Å²) in [6.45, 7) is 8.98. The number of hydrogen-bond acceptors (Lipinski definition) is 6. The second-order valence-electron chi connectivity index (χ2n) is 8.40. The molecule has 32 heavy (non-hydrogen) atoms. The summed E-state index contributed by atoms with van der Waals surface area (Å²) in [5, 5.41) is 11.1. The molecule has 1 aliphatic heterocycles. The van der Waals surface area contributed by atoms with Crippen LogP contribution in [-0.2, 0) is 14.3 Å². The van der Waals surface area contributed by atoms with E-state index in [0.29, 0.717) is 29.5 Å². The minimum Gasteiger partial charge on any atom is -0.507 e. The predicted molar refractivity (Wildman–Crippen MR) is 121 cm³/mol. The van der Waals surface area contributed by atoms with Crippen molar-refractivity contribution in [1.82, 2.24) is 9.88 Å². The van der Waals surface area contributed by atoms with Crippen molar-refractivity contribution in [2.45, 2.75) is 39.8 Å². The van der Waals surface area contributed by atoms with Gasteiger partial charge in [-0.1, -0.05) is 19.9 Å². The van der Waals surface area contributed by atoms with E-state index >= 15 is 0 Å². The fourth-order valence-corrected chi connectivity index (χ4v) is 3.47. The number of carbonyl (C=O) groups excluding carboxylic acids is 2. The van der Waals surface area contributed by atoms with E-state index in [2.05, 4.69) is 18.8 Å². The molecule has 1 aliphatic rings. The summed E-state index contributed by atoms with van der Waals surface area (Å²) in [4.78, 5) is 31.6. The summed E-state index contributed by atoms with van der Waals surface area (Å²) in [6, 6.07) is 11.3. The van der Waals surface area contributed by atoms with Gasteiger partial charge in [-0.25, -0.2) is 0 Å². The van der Waals surface area contributed by atoms with Crippen molar-refractivity contribution >= 4 is 17.4 Å². The third-order valence-electron chi connectivity index (χ3n) is 5.00. The number of pyridine rings is 1. The number of ether oxygens (including phenoxy) is 2. The van der Waals surface area contributed by atoms with Gasteiger partial charge in [-0.15, -0.1) is 0 Å². The first-order valence-corrected chi connectivity index (χ1v) is 10.8. The van der Waals surface area contributed by atoms with Crippen LogP contribution in [0.4, 0.5) is 0 Å². The molecule has 0 saturated carbocycles. The lowest BCUT2D eigenvalue weighted by molar-refractivity contribution is -0.140. The second kappa shape index (κ2) is 10.4. The quantitative estimate of drug-likeness (QED) is 0.362. The number of rotatable bonds is 9. The lowest BCUT2D eigenvalue weighted by Gasteiger charge is -2.24. The third kappa shape index (κ3) is 5.34. The van der Waals surface area contributed by atoms with Gasteiger partial charge in [0.2, 0.25) is 0 Å². The summed E-state index contributed by atoms with van der Waals surface area (Å²) in [7, 11) is 0. The van der Waals surface area contributed by atoms with Gasteiger partial charge in [0.25, 0.3) is 11.7 Å². The van der Waals surface area contributed by atoms with Crippen LogP contribution in [0.15, 0.2) is 54.2 Å². The molecule has 170 valence electrons. The van der Waals surface area contributed by atoms with Gasteiger partial charge in [0.1, 0.15) is 17.6 Å². The number of benzene rings is 1. The molecule has 1 amide bonds. The summed E-state index contributed by atoms with van der Waals surface area (Å²) in [6.07, 6.45) is 1.59. The molecule has 1 saturated heterocycles. The van der Waals surface area contributed by atoms with Gasteiger partial charge in [-0.3, -0.25) is 14.6 Å². The fourth-order valence-electron chi connectivity index (χ4n) is 3.47. The molecule has 1 aromatic heterocycles. The number of likely N-dealkylation sites (tertiary alicyclic amines) is 1. The average molecular weight is 439 g/mol. The molecule has 7 heteroatoms. The molecule has 0 radical (unpaired) electrons. The SMILES string of the molecule is CC(C)COc1ccc(/C(O)=C2/C(=O)C(=O)N(CCOC(C)C)C2c2ccccn2)cc1. The molecule has 1 aromatic carbocycles. The van der Waals surface area contributed by atoms with Crippen molar-refractivity contribution in [1.29, 1.82) is 0 Å². The van der Waals surface area contributed by atoms with Crippen molar-refractivity contribution in [3.05, 3.63) is 65.5 Å². The van der Waals surface area contributed by atoms with Crippen molar-refractivity contribution in [3.63, 3.8) is 0 Å². The summed E-state index contributed by atoms with van der Waals surface area (Å²) >= 11 is 0. The molecular weight excluding hydrogens is 408 g/mol. The van der Waals surface area contributed by atoms with E-state index in [0.717, 1.165) is 0 Å². The van der Waals surface area contributed by atoms with E-state index in [4.69, 9.17) is 9.47 Å². The molecule has 3 rings (SSSR count). The van der Waals surface area contributed by atoms with E-state index in [9.17, 15) is 14.7 Å². The predicted octanol–water partition coefficient (Wildman–Crippen LogP) is 3.96. The van der Waals surface area contributed by atoms with Crippen LogP contribution in [0.3, 0.4) is 0 Å². The number of ketones is 1. The molecule has 1 unspecified atom stereocenters. The highest BCUT2D eigenvalue weighted by Crippen LogP contribution is 2.38. The Morgan fingerprint density at radius 1 is 1.09 bits per heavy atom. The van der Waals surface area contributed by atoms with E-state index in [1.54, 1.807) is 48.7 Å². The van der Waals surface area contributed by atoms with Gasteiger partial charge in [0.15, 0.2) is 0 Å². The Hall–Kier alpha value is -3.19. The van der Waals surface area contributed by atoms with Crippen LogP contribution in [0, 0.1) is 5.92 Å². The zero-order chi connectivity index (χ0) is 23.3. The normalized spacial score (nSPS) is 18.1. The Balaban J connectivity index is 1.96. The van der Waals surface area contributed by atoms with Crippen LogP contribution in [0.1, 0.15) is 45.0 Å². The largest absolute Gasteiger partial charge is 0.507 e. The van der Waals surface area contributed by atoms with Gasteiger partial charge in [-0.2, -0.15) is 0 Å². The third-order valence-corrected chi connectivity index (χ3v) is 5.00. The number of carbonyl (C=O) groups is 2. The van der Waals surface area contributed by atoms with Gasteiger partial charge in [0.05, 0.1) is 30.6 Å². The van der Waals surface area contributed by atoms with E-state index in [-0.39, 0.29) is 30.6 Å². The maximum atomic E-state index is 13.0. The van der Waals surface area contributed by atoms with Crippen LogP contribution < -0.4 is 4.74 Å². The van der Waals surface area contributed by atoms with Gasteiger partial charge >= 0.3 is 0 Å². The van der Waals surface area contributed by atoms with E-state index in [1.807, 2.05) is 13.8 Å². The van der Waals surface area contributed by atoms with Crippen molar-refractivity contribution in [2.24, 2.45) is 5.92 Å². The Labute approximate surface area is 188 Å². The second-order valence-corrected chi connectivity index (χ2v) is 8.40.